The minimum absolute atomic E-state index is 0.253. The number of nitrogens with zero attached hydrogens (tertiary/aromatic N) is 8. The summed E-state index contributed by atoms with van der Waals surface area (Å²) in [5, 5.41) is 26.9. The van der Waals surface area contributed by atoms with Crippen LogP contribution in [0.15, 0.2) is 127 Å². The lowest BCUT2D eigenvalue weighted by molar-refractivity contribution is 0.202. The molecule has 10 heteroatoms. The zero-order chi connectivity index (χ0) is 34.6. The first-order chi connectivity index (χ1) is 25.1. The number of fused-ring (bicyclic) bond motifs is 3. The fraction of sp³-hybridized carbons (Fsp3) is 0.171. The molecule has 5 aromatic heterocycles. The Hall–Kier alpha value is -6.26. The number of H-pyrrole nitrogens is 1. The van der Waals surface area contributed by atoms with Gasteiger partial charge in [0.25, 0.3) is 0 Å². The summed E-state index contributed by atoms with van der Waals surface area (Å²) in [6.07, 6.45) is 14.8. The molecule has 0 saturated carbocycles. The lowest BCUT2D eigenvalue weighted by Gasteiger charge is -2.31. The van der Waals surface area contributed by atoms with Gasteiger partial charge < -0.3 is 5.11 Å². The summed E-state index contributed by atoms with van der Waals surface area (Å²) in [4.78, 5) is 16.9. The molecule has 1 fully saturated rings. The van der Waals surface area contributed by atoms with Crippen LogP contribution in [0.25, 0.3) is 56.5 Å². The summed E-state index contributed by atoms with van der Waals surface area (Å²) in [6, 6.07) is 29.2. The molecular formula is C41H37N9O. The smallest absolute Gasteiger partial charge is 0.199 e. The van der Waals surface area contributed by atoms with Gasteiger partial charge in [-0.25, -0.2) is 9.97 Å². The molecule has 10 nitrogen and oxygen atoms in total. The average Bonchev–Trinajstić information content (AvgIpc) is 3.84. The van der Waals surface area contributed by atoms with Gasteiger partial charge in [-0.1, -0.05) is 78.9 Å². The van der Waals surface area contributed by atoms with Crippen molar-refractivity contribution < 1.29 is 5.11 Å². The third-order valence-electron chi connectivity index (χ3n) is 9.29. The lowest BCUT2D eigenvalue weighted by atomic mass is 9.95. The number of rotatable bonds is 9. The van der Waals surface area contributed by atoms with Gasteiger partial charge in [0.15, 0.2) is 17.3 Å². The van der Waals surface area contributed by atoms with E-state index in [1.54, 1.807) is 25.3 Å². The van der Waals surface area contributed by atoms with Gasteiger partial charge in [-0.2, -0.15) is 5.10 Å². The maximum absolute atomic E-state index is 9.36. The van der Waals surface area contributed by atoms with Crippen molar-refractivity contribution in [2.24, 2.45) is 0 Å². The number of aliphatic hydroxyl groups excluding tert-OH is 1. The van der Waals surface area contributed by atoms with Crippen molar-refractivity contribution >= 4 is 22.6 Å². The van der Waals surface area contributed by atoms with Crippen LogP contribution in [-0.2, 0) is 6.54 Å². The topological polar surface area (TPSA) is 121 Å². The SMILES string of the molecule is C\C(O)=C/C=C\C=C\c1nnc2c3cc(-c4ccccc4)c(-c4ccc(CN5CCC(c6nc(-c7ccccn7)n[nH]6)CC5)cc4)nc3ccn12. The summed E-state index contributed by atoms with van der Waals surface area (Å²) in [6.45, 7) is 4.54. The molecule has 51 heavy (non-hydrogen) atoms. The van der Waals surface area contributed by atoms with E-state index < -0.39 is 0 Å². The predicted octanol–water partition coefficient (Wildman–Crippen LogP) is 8.20. The highest BCUT2D eigenvalue weighted by Gasteiger charge is 2.24. The molecule has 0 aliphatic carbocycles. The molecule has 0 bridgehead atoms. The van der Waals surface area contributed by atoms with Crippen LogP contribution < -0.4 is 0 Å². The molecule has 0 atom stereocenters. The number of hydrogen-bond donors (Lipinski definition) is 2. The number of likely N-dealkylation sites (tertiary alicyclic amines) is 1. The number of aromatic nitrogens is 8. The molecule has 2 N–H and O–H groups in total. The molecule has 0 spiro atoms. The maximum atomic E-state index is 9.36. The van der Waals surface area contributed by atoms with Crippen LogP contribution in [0.3, 0.4) is 0 Å². The van der Waals surface area contributed by atoms with Gasteiger partial charge in [-0.15, -0.1) is 10.2 Å². The second-order valence-electron chi connectivity index (χ2n) is 12.8. The van der Waals surface area contributed by atoms with Crippen molar-refractivity contribution in [2.75, 3.05) is 13.1 Å². The Kier molecular flexibility index (Phi) is 8.97. The molecule has 0 unspecified atom stereocenters. The van der Waals surface area contributed by atoms with E-state index in [0.717, 1.165) is 82.9 Å². The largest absolute Gasteiger partial charge is 0.513 e. The average molecular weight is 672 g/mol. The predicted molar refractivity (Wildman–Crippen MR) is 201 cm³/mol. The van der Waals surface area contributed by atoms with E-state index in [1.807, 2.05) is 59.2 Å². The third kappa shape index (κ3) is 6.95. The molecule has 7 aromatic rings. The molecule has 1 aliphatic heterocycles. The molecule has 8 rings (SSSR count). The fourth-order valence-corrected chi connectivity index (χ4v) is 6.64. The van der Waals surface area contributed by atoms with Crippen LogP contribution in [0.2, 0.25) is 0 Å². The summed E-state index contributed by atoms with van der Waals surface area (Å²) in [5.41, 5.74) is 7.79. The number of benzene rings is 2. The van der Waals surface area contributed by atoms with Crippen LogP contribution >= 0.6 is 0 Å². The van der Waals surface area contributed by atoms with E-state index in [1.165, 1.54) is 5.56 Å². The normalized spacial score (nSPS) is 14.8. The molecule has 0 amide bonds. The van der Waals surface area contributed by atoms with E-state index in [9.17, 15) is 5.11 Å². The highest BCUT2D eigenvalue weighted by molar-refractivity contribution is 5.98. The Morgan fingerprint density at radius 1 is 0.882 bits per heavy atom. The van der Waals surface area contributed by atoms with Gasteiger partial charge >= 0.3 is 0 Å². The van der Waals surface area contributed by atoms with Gasteiger partial charge in [-0.05, 0) is 80.4 Å². The van der Waals surface area contributed by atoms with E-state index >= 15 is 0 Å². The first kappa shape index (κ1) is 32.0. The Bertz CT molecular complexity index is 2360. The highest BCUT2D eigenvalue weighted by atomic mass is 16.3. The number of pyridine rings is 3. The number of hydrogen-bond acceptors (Lipinski definition) is 8. The Labute approximate surface area is 295 Å². The van der Waals surface area contributed by atoms with E-state index in [2.05, 4.69) is 84.9 Å². The second-order valence-corrected chi connectivity index (χ2v) is 12.8. The zero-order valence-electron chi connectivity index (χ0n) is 28.3. The molecular weight excluding hydrogens is 635 g/mol. The molecule has 252 valence electrons. The maximum Gasteiger partial charge on any atom is 0.199 e. The number of aliphatic hydroxyl groups is 1. The van der Waals surface area contributed by atoms with Crippen molar-refractivity contribution in [3.63, 3.8) is 0 Å². The fourth-order valence-electron chi connectivity index (χ4n) is 6.64. The molecule has 1 saturated heterocycles. The number of allylic oxidation sites excluding steroid dienone is 5. The van der Waals surface area contributed by atoms with Crippen LogP contribution in [-0.4, -0.2) is 62.8 Å². The molecule has 2 aromatic carbocycles. The van der Waals surface area contributed by atoms with Crippen molar-refractivity contribution in [1.82, 2.24) is 44.6 Å². The van der Waals surface area contributed by atoms with Gasteiger partial charge in [0.05, 0.1) is 17.0 Å². The van der Waals surface area contributed by atoms with Gasteiger partial charge in [0, 0.05) is 41.4 Å². The first-order valence-electron chi connectivity index (χ1n) is 17.2. The molecule has 1 aliphatic rings. The minimum atomic E-state index is 0.253. The first-order valence-corrected chi connectivity index (χ1v) is 17.2. The van der Waals surface area contributed by atoms with Gasteiger partial charge in [0.2, 0.25) is 0 Å². The Morgan fingerprint density at radius 3 is 2.49 bits per heavy atom. The quantitative estimate of drug-likeness (QED) is 0.116. The Balaban J connectivity index is 1.01. The number of nitrogens with one attached hydrogen (secondary N) is 1. The third-order valence-corrected chi connectivity index (χ3v) is 9.29. The number of aromatic amines is 1. The van der Waals surface area contributed by atoms with Crippen molar-refractivity contribution in [1.29, 1.82) is 0 Å². The Morgan fingerprint density at radius 2 is 1.71 bits per heavy atom. The minimum Gasteiger partial charge on any atom is -0.513 e. The summed E-state index contributed by atoms with van der Waals surface area (Å²) >= 11 is 0. The van der Waals surface area contributed by atoms with Crippen molar-refractivity contribution in [3.8, 4) is 33.9 Å². The van der Waals surface area contributed by atoms with Crippen molar-refractivity contribution in [2.45, 2.75) is 32.2 Å². The van der Waals surface area contributed by atoms with E-state index in [0.29, 0.717) is 17.6 Å². The monoisotopic (exact) mass is 671 g/mol. The summed E-state index contributed by atoms with van der Waals surface area (Å²) < 4.78 is 1.97. The standard InChI is InChI=1S/C41H37N9O/c1-28(51)10-4-2-7-14-37-45-48-41-34-26-33(30-11-5-3-6-12-30)38(43-35(34)21-25-50(37)41)31-17-15-29(16-18-31)27-49-23-19-32(20-24-49)39-44-40(47-46-39)36-13-8-9-22-42-36/h2-18,21-22,25-26,32,51H,19-20,23-24,27H2,1H3,(H,44,46,47)/b4-2-,14-7+,28-10+. The van der Waals surface area contributed by atoms with Crippen LogP contribution in [0.1, 0.15) is 42.9 Å². The van der Waals surface area contributed by atoms with Crippen LogP contribution in [0, 0.1) is 0 Å². The van der Waals surface area contributed by atoms with Crippen LogP contribution in [0.5, 0.6) is 0 Å². The van der Waals surface area contributed by atoms with Gasteiger partial charge in [0.1, 0.15) is 11.5 Å². The lowest BCUT2D eigenvalue weighted by Crippen LogP contribution is -2.32. The number of piperidine rings is 1. The second kappa shape index (κ2) is 14.3. The highest BCUT2D eigenvalue weighted by Crippen LogP contribution is 2.35. The van der Waals surface area contributed by atoms with Crippen molar-refractivity contribution in [3.05, 3.63) is 145 Å². The molecule has 0 radical (unpaired) electrons. The van der Waals surface area contributed by atoms with Gasteiger partial charge in [-0.3, -0.25) is 19.4 Å². The summed E-state index contributed by atoms with van der Waals surface area (Å²) in [7, 11) is 0. The van der Waals surface area contributed by atoms with Crippen LogP contribution in [0.4, 0.5) is 0 Å². The van der Waals surface area contributed by atoms with E-state index in [4.69, 9.17) is 9.97 Å². The van der Waals surface area contributed by atoms with E-state index in [-0.39, 0.29) is 5.76 Å². The molecule has 6 heterocycles. The zero-order valence-corrected chi connectivity index (χ0v) is 28.3. The summed E-state index contributed by atoms with van der Waals surface area (Å²) in [5.74, 6) is 2.94.